The lowest BCUT2D eigenvalue weighted by atomic mass is 10.00. The van der Waals surface area contributed by atoms with E-state index in [1.165, 1.54) is 16.7 Å². The molecule has 21 heavy (non-hydrogen) atoms. The van der Waals surface area contributed by atoms with Gasteiger partial charge in [0.15, 0.2) is 0 Å². The molecule has 0 unspecified atom stereocenters. The number of benzene rings is 2. The highest BCUT2D eigenvalue weighted by atomic mass is 15.3. The number of aryl methyl sites for hydroxylation is 1. The smallest absolute Gasteiger partial charge is 0.0590 e. The summed E-state index contributed by atoms with van der Waals surface area (Å²) in [5.41, 5.74) is 9.06. The van der Waals surface area contributed by atoms with E-state index in [2.05, 4.69) is 59.9 Å². The van der Waals surface area contributed by atoms with E-state index in [0.717, 1.165) is 17.7 Å². The van der Waals surface area contributed by atoms with Gasteiger partial charge in [-0.3, -0.25) is 5.43 Å². The second kappa shape index (κ2) is 6.23. The molecule has 0 radical (unpaired) electrons. The van der Waals surface area contributed by atoms with Gasteiger partial charge in [-0.25, -0.2) is 0 Å². The number of hydrazone groups is 1. The second-order valence-electron chi connectivity index (χ2n) is 5.10. The summed E-state index contributed by atoms with van der Waals surface area (Å²) < 4.78 is 0. The van der Waals surface area contributed by atoms with E-state index in [1.807, 2.05) is 30.5 Å². The van der Waals surface area contributed by atoms with Crippen LogP contribution in [-0.2, 0) is 0 Å². The van der Waals surface area contributed by atoms with Gasteiger partial charge >= 0.3 is 0 Å². The molecule has 2 aromatic rings. The largest absolute Gasteiger partial charge is 0.278 e. The SMILES string of the molecule is Cc1ccccc1N/N=C/c1ccccc1C1=CC=CC1. The van der Waals surface area contributed by atoms with E-state index < -0.39 is 0 Å². The number of nitrogens with one attached hydrogen (secondary N) is 1. The minimum Gasteiger partial charge on any atom is -0.278 e. The fraction of sp³-hybridized carbons (Fsp3) is 0.105. The maximum atomic E-state index is 4.38. The molecule has 1 N–H and O–H groups in total. The van der Waals surface area contributed by atoms with Gasteiger partial charge in [0.1, 0.15) is 0 Å². The first-order valence-electron chi connectivity index (χ1n) is 7.14. The Hall–Kier alpha value is -2.61. The standard InChI is InChI=1S/C19H18N2/c1-15-8-2-7-13-19(15)21-20-14-17-11-5-6-12-18(17)16-9-3-4-10-16/h2-9,11-14,21H,10H2,1H3/b20-14+. The monoisotopic (exact) mass is 274 g/mol. The van der Waals surface area contributed by atoms with Crippen LogP contribution in [0.2, 0.25) is 0 Å². The number of allylic oxidation sites excluding steroid dienone is 4. The van der Waals surface area contributed by atoms with Crippen molar-refractivity contribution in [2.45, 2.75) is 13.3 Å². The van der Waals surface area contributed by atoms with Crippen LogP contribution in [0.15, 0.2) is 71.9 Å². The van der Waals surface area contributed by atoms with Gasteiger partial charge in [-0.2, -0.15) is 5.10 Å². The number of para-hydroxylation sites is 1. The van der Waals surface area contributed by atoms with Crippen molar-refractivity contribution in [3.63, 3.8) is 0 Å². The van der Waals surface area contributed by atoms with Gasteiger partial charge in [0.2, 0.25) is 0 Å². The molecule has 0 atom stereocenters. The zero-order valence-corrected chi connectivity index (χ0v) is 12.1. The summed E-state index contributed by atoms with van der Waals surface area (Å²) in [6.45, 7) is 2.07. The Bertz CT molecular complexity index is 724. The second-order valence-corrected chi connectivity index (χ2v) is 5.10. The molecular formula is C19H18N2. The van der Waals surface area contributed by atoms with Crippen molar-refractivity contribution in [1.29, 1.82) is 0 Å². The van der Waals surface area contributed by atoms with Crippen LogP contribution in [0.5, 0.6) is 0 Å². The summed E-state index contributed by atoms with van der Waals surface area (Å²) in [6.07, 6.45) is 9.34. The lowest BCUT2D eigenvalue weighted by molar-refractivity contribution is 1.31. The molecule has 0 saturated carbocycles. The number of hydrogen-bond acceptors (Lipinski definition) is 2. The molecule has 0 bridgehead atoms. The van der Waals surface area contributed by atoms with E-state index in [-0.39, 0.29) is 0 Å². The summed E-state index contributed by atoms with van der Waals surface area (Å²) >= 11 is 0. The Morgan fingerprint density at radius 3 is 2.67 bits per heavy atom. The quantitative estimate of drug-likeness (QED) is 0.629. The minimum atomic E-state index is 0.996. The van der Waals surface area contributed by atoms with Crippen LogP contribution >= 0.6 is 0 Å². The number of anilines is 1. The summed E-state index contributed by atoms with van der Waals surface area (Å²) in [6, 6.07) is 16.5. The van der Waals surface area contributed by atoms with Crippen LogP contribution in [0.4, 0.5) is 5.69 Å². The van der Waals surface area contributed by atoms with Crippen LogP contribution in [-0.4, -0.2) is 6.21 Å². The van der Waals surface area contributed by atoms with E-state index >= 15 is 0 Å². The van der Waals surface area contributed by atoms with Crippen LogP contribution in [0.25, 0.3) is 5.57 Å². The Labute approximate surface area is 125 Å². The first kappa shape index (κ1) is 13.4. The molecule has 0 aromatic heterocycles. The third kappa shape index (κ3) is 3.11. The molecule has 0 spiro atoms. The molecule has 0 fully saturated rings. The Kier molecular flexibility index (Phi) is 3.97. The van der Waals surface area contributed by atoms with Gasteiger partial charge in [0.25, 0.3) is 0 Å². The summed E-state index contributed by atoms with van der Waals surface area (Å²) in [4.78, 5) is 0. The van der Waals surface area contributed by atoms with Crippen molar-refractivity contribution in [2.24, 2.45) is 5.10 Å². The Morgan fingerprint density at radius 2 is 1.86 bits per heavy atom. The predicted molar refractivity (Wildman–Crippen MR) is 90.6 cm³/mol. The predicted octanol–water partition coefficient (Wildman–Crippen LogP) is 4.78. The topological polar surface area (TPSA) is 24.4 Å². The average molecular weight is 274 g/mol. The minimum absolute atomic E-state index is 0.996. The highest BCUT2D eigenvalue weighted by molar-refractivity contribution is 5.89. The molecule has 0 heterocycles. The van der Waals surface area contributed by atoms with Crippen molar-refractivity contribution in [3.8, 4) is 0 Å². The van der Waals surface area contributed by atoms with Gasteiger partial charge in [0.05, 0.1) is 11.9 Å². The molecule has 3 rings (SSSR count). The molecule has 2 nitrogen and oxygen atoms in total. The van der Waals surface area contributed by atoms with Crippen LogP contribution in [0.1, 0.15) is 23.1 Å². The zero-order valence-electron chi connectivity index (χ0n) is 12.1. The Morgan fingerprint density at radius 1 is 1.05 bits per heavy atom. The van der Waals surface area contributed by atoms with Crippen molar-refractivity contribution >= 4 is 17.5 Å². The molecule has 2 aromatic carbocycles. The average Bonchev–Trinajstić information content (AvgIpc) is 3.04. The molecule has 1 aliphatic carbocycles. The summed E-state index contributed by atoms with van der Waals surface area (Å²) in [5, 5.41) is 4.38. The van der Waals surface area contributed by atoms with Crippen molar-refractivity contribution in [2.75, 3.05) is 5.43 Å². The van der Waals surface area contributed by atoms with Crippen LogP contribution < -0.4 is 5.43 Å². The molecule has 104 valence electrons. The third-order valence-corrected chi connectivity index (χ3v) is 3.61. The number of rotatable bonds is 4. The summed E-state index contributed by atoms with van der Waals surface area (Å²) in [7, 11) is 0. The van der Waals surface area contributed by atoms with E-state index in [1.54, 1.807) is 0 Å². The Balaban J connectivity index is 1.79. The lowest BCUT2D eigenvalue weighted by Crippen LogP contribution is -1.95. The fourth-order valence-corrected chi connectivity index (χ4v) is 2.42. The van der Waals surface area contributed by atoms with E-state index in [0.29, 0.717) is 0 Å². The van der Waals surface area contributed by atoms with Gasteiger partial charge in [-0.15, -0.1) is 0 Å². The molecule has 2 heteroatoms. The van der Waals surface area contributed by atoms with Gasteiger partial charge in [-0.1, -0.05) is 60.7 Å². The molecule has 0 saturated heterocycles. The molecule has 1 aliphatic rings. The molecule has 0 aliphatic heterocycles. The maximum absolute atomic E-state index is 4.38. The van der Waals surface area contributed by atoms with Crippen molar-refractivity contribution in [3.05, 3.63) is 83.4 Å². The van der Waals surface area contributed by atoms with E-state index in [4.69, 9.17) is 0 Å². The highest BCUT2D eigenvalue weighted by Crippen LogP contribution is 2.25. The molecular weight excluding hydrogens is 256 g/mol. The highest BCUT2D eigenvalue weighted by Gasteiger charge is 2.06. The van der Waals surface area contributed by atoms with E-state index in [9.17, 15) is 0 Å². The van der Waals surface area contributed by atoms with Crippen molar-refractivity contribution < 1.29 is 0 Å². The third-order valence-electron chi connectivity index (χ3n) is 3.61. The first-order chi connectivity index (χ1) is 10.3. The zero-order chi connectivity index (χ0) is 14.5. The van der Waals surface area contributed by atoms with Gasteiger partial charge in [0, 0.05) is 5.56 Å². The molecule has 0 amide bonds. The van der Waals surface area contributed by atoms with Crippen molar-refractivity contribution in [1.82, 2.24) is 0 Å². The van der Waals surface area contributed by atoms with Gasteiger partial charge < -0.3 is 0 Å². The maximum Gasteiger partial charge on any atom is 0.0590 e. The van der Waals surface area contributed by atoms with Crippen LogP contribution in [0, 0.1) is 6.92 Å². The first-order valence-corrected chi connectivity index (χ1v) is 7.14. The number of nitrogens with zero attached hydrogens (tertiary/aromatic N) is 1. The van der Waals surface area contributed by atoms with Crippen LogP contribution in [0.3, 0.4) is 0 Å². The fourth-order valence-electron chi connectivity index (χ4n) is 2.42. The van der Waals surface area contributed by atoms with Gasteiger partial charge in [-0.05, 0) is 36.1 Å². The lowest BCUT2D eigenvalue weighted by Gasteiger charge is -2.07. The number of hydrogen-bond donors (Lipinski definition) is 1. The summed E-state index contributed by atoms with van der Waals surface area (Å²) in [5.74, 6) is 0. The normalized spacial score (nSPS) is 13.7.